The highest BCUT2D eigenvalue weighted by molar-refractivity contribution is 9.10. The van der Waals surface area contributed by atoms with Crippen LogP contribution in [0.15, 0.2) is 46.9 Å². The van der Waals surface area contributed by atoms with Crippen LogP contribution in [0.4, 0.5) is 11.4 Å². The Balaban J connectivity index is 2.03. The summed E-state index contributed by atoms with van der Waals surface area (Å²) in [6.07, 6.45) is -0.00413. The lowest BCUT2D eigenvalue weighted by molar-refractivity contribution is -0.384. The number of nitrogens with zero attached hydrogens (tertiary/aromatic N) is 1. The van der Waals surface area contributed by atoms with Crippen LogP contribution in [-0.4, -0.2) is 22.0 Å². The first kappa shape index (κ1) is 19.8. The van der Waals surface area contributed by atoms with E-state index in [9.17, 15) is 14.9 Å². The number of non-ortho nitro benzene ring substituents is 1. The SMILES string of the molecule is CC(C)Oc1cccc(C(=O)NC(=S)Nc2ccc([N+](=O)[O-])cc2Br)c1. The first-order chi connectivity index (χ1) is 12.3. The quantitative estimate of drug-likeness (QED) is 0.412. The van der Waals surface area contributed by atoms with Gasteiger partial charge in [0.05, 0.1) is 16.7 Å². The van der Waals surface area contributed by atoms with Crippen LogP contribution in [0.1, 0.15) is 24.2 Å². The molecule has 0 aromatic heterocycles. The molecule has 0 fully saturated rings. The lowest BCUT2D eigenvalue weighted by Gasteiger charge is -2.12. The van der Waals surface area contributed by atoms with Gasteiger partial charge in [0.15, 0.2) is 5.11 Å². The highest BCUT2D eigenvalue weighted by atomic mass is 79.9. The third kappa shape index (κ3) is 5.50. The second-order valence-corrected chi connectivity index (χ2v) is 6.79. The molecule has 7 nitrogen and oxygen atoms in total. The predicted molar refractivity (Wildman–Crippen MR) is 107 cm³/mol. The van der Waals surface area contributed by atoms with Crippen molar-refractivity contribution in [2.45, 2.75) is 20.0 Å². The largest absolute Gasteiger partial charge is 0.491 e. The molecule has 0 saturated heterocycles. The average molecular weight is 438 g/mol. The number of benzene rings is 2. The number of nitro benzene ring substituents is 1. The van der Waals surface area contributed by atoms with Crippen molar-refractivity contribution in [2.24, 2.45) is 0 Å². The lowest BCUT2D eigenvalue weighted by Crippen LogP contribution is -2.34. The van der Waals surface area contributed by atoms with Gasteiger partial charge in [0.2, 0.25) is 0 Å². The van der Waals surface area contributed by atoms with Crippen LogP contribution < -0.4 is 15.4 Å². The standard InChI is InChI=1S/C17H16BrN3O4S/c1-10(2)25-13-5-3-4-11(8-13)16(22)20-17(26)19-15-7-6-12(21(23)24)9-14(15)18/h3-10H,1-2H3,(H2,19,20,22,26). The van der Waals surface area contributed by atoms with Gasteiger partial charge >= 0.3 is 0 Å². The van der Waals surface area contributed by atoms with Gasteiger partial charge < -0.3 is 10.1 Å². The minimum absolute atomic E-state index is 0.00413. The van der Waals surface area contributed by atoms with Crippen molar-refractivity contribution >= 4 is 50.5 Å². The Labute approximate surface area is 164 Å². The van der Waals surface area contributed by atoms with Gasteiger partial charge in [0.25, 0.3) is 11.6 Å². The number of thiocarbonyl (C=S) groups is 1. The maximum Gasteiger partial charge on any atom is 0.270 e. The average Bonchev–Trinajstić information content (AvgIpc) is 2.56. The molecular weight excluding hydrogens is 422 g/mol. The number of hydrogen-bond donors (Lipinski definition) is 2. The highest BCUT2D eigenvalue weighted by Gasteiger charge is 2.13. The molecular formula is C17H16BrN3O4S. The first-order valence-corrected chi connectivity index (χ1v) is 8.79. The molecule has 0 bridgehead atoms. The molecule has 1 amide bonds. The van der Waals surface area contributed by atoms with Gasteiger partial charge in [-0.05, 0) is 66.3 Å². The maximum atomic E-state index is 12.3. The van der Waals surface area contributed by atoms with Crippen LogP contribution in [0.2, 0.25) is 0 Å². The van der Waals surface area contributed by atoms with Gasteiger partial charge in [0.1, 0.15) is 5.75 Å². The van der Waals surface area contributed by atoms with E-state index in [1.54, 1.807) is 24.3 Å². The molecule has 0 atom stereocenters. The van der Waals surface area contributed by atoms with Crippen LogP contribution in [0.3, 0.4) is 0 Å². The molecule has 0 heterocycles. The summed E-state index contributed by atoms with van der Waals surface area (Å²) in [5.41, 5.74) is 0.840. The summed E-state index contributed by atoms with van der Waals surface area (Å²) < 4.78 is 6.02. The van der Waals surface area contributed by atoms with Gasteiger partial charge in [-0.15, -0.1) is 0 Å². The van der Waals surface area contributed by atoms with Gasteiger partial charge in [-0.2, -0.15) is 0 Å². The van der Waals surface area contributed by atoms with Gasteiger partial charge in [-0.1, -0.05) is 6.07 Å². The molecule has 136 valence electrons. The summed E-state index contributed by atoms with van der Waals surface area (Å²) in [6, 6.07) is 10.9. The van der Waals surface area contributed by atoms with Crippen LogP contribution in [0.25, 0.3) is 0 Å². The van der Waals surface area contributed by atoms with Crippen molar-refractivity contribution in [3.05, 3.63) is 62.6 Å². The number of carbonyl (C=O) groups excluding carboxylic acids is 1. The molecule has 26 heavy (non-hydrogen) atoms. The van der Waals surface area contributed by atoms with Crippen LogP contribution in [0.5, 0.6) is 5.75 Å². The van der Waals surface area contributed by atoms with Gasteiger partial charge in [-0.25, -0.2) is 0 Å². The van der Waals surface area contributed by atoms with Crippen LogP contribution >= 0.6 is 28.1 Å². The minimum Gasteiger partial charge on any atom is -0.491 e. The molecule has 9 heteroatoms. The molecule has 2 aromatic rings. The molecule has 0 saturated carbocycles. The van der Waals surface area contributed by atoms with E-state index in [1.807, 2.05) is 13.8 Å². The summed E-state index contributed by atoms with van der Waals surface area (Å²) in [4.78, 5) is 22.6. The Hall–Kier alpha value is -2.52. The van der Waals surface area contributed by atoms with E-state index in [0.29, 0.717) is 21.5 Å². The third-order valence-electron chi connectivity index (χ3n) is 3.11. The molecule has 2 rings (SSSR count). The topological polar surface area (TPSA) is 93.5 Å². The summed E-state index contributed by atoms with van der Waals surface area (Å²) in [7, 11) is 0. The summed E-state index contributed by atoms with van der Waals surface area (Å²) in [6.45, 7) is 3.79. The zero-order valence-electron chi connectivity index (χ0n) is 14.0. The first-order valence-electron chi connectivity index (χ1n) is 7.59. The summed E-state index contributed by atoms with van der Waals surface area (Å²) >= 11 is 8.36. The Morgan fingerprint density at radius 3 is 2.62 bits per heavy atom. The molecule has 0 aliphatic heterocycles. The van der Waals surface area contributed by atoms with E-state index >= 15 is 0 Å². The number of nitrogens with one attached hydrogen (secondary N) is 2. The fourth-order valence-corrected chi connectivity index (χ4v) is 2.70. The number of amides is 1. The number of hydrogen-bond acceptors (Lipinski definition) is 5. The fourth-order valence-electron chi connectivity index (χ4n) is 2.03. The molecule has 0 aliphatic carbocycles. The number of rotatable bonds is 5. The smallest absolute Gasteiger partial charge is 0.270 e. The van der Waals surface area contributed by atoms with E-state index in [-0.39, 0.29) is 16.9 Å². The Kier molecular flexibility index (Phi) is 6.64. The molecule has 0 aliphatic rings. The van der Waals surface area contributed by atoms with Crippen LogP contribution in [-0.2, 0) is 0 Å². The lowest BCUT2D eigenvalue weighted by atomic mass is 10.2. The number of anilines is 1. The van der Waals surface area contributed by atoms with Crippen molar-refractivity contribution in [1.82, 2.24) is 5.32 Å². The second-order valence-electron chi connectivity index (χ2n) is 5.52. The van der Waals surface area contributed by atoms with Crippen molar-refractivity contribution in [1.29, 1.82) is 0 Å². The third-order valence-corrected chi connectivity index (χ3v) is 3.97. The van der Waals surface area contributed by atoms with Crippen molar-refractivity contribution in [2.75, 3.05) is 5.32 Å². The fraction of sp³-hybridized carbons (Fsp3) is 0.176. The van der Waals surface area contributed by atoms with E-state index in [2.05, 4.69) is 26.6 Å². The Morgan fingerprint density at radius 1 is 1.27 bits per heavy atom. The number of halogens is 1. The zero-order chi connectivity index (χ0) is 19.3. The summed E-state index contributed by atoms with van der Waals surface area (Å²) in [5.74, 6) is 0.194. The van der Waals surface area contributed by atoms with E-state index in [0.717, 1.165) is 0 Å². The van der Waals surface area contributed by atoms with Gasteiger partial charge in [-0.3, -0.25) is 20.2 Å². The monoisotopic (exact) mass is 437 g/mol. The summed E-state index contributed by atoms with van der Waals surface area (Å²) in [5, 5.41) is 16.2. The second kappa shape index (κ2) is 8.72. The molecule has 2 N–H and O–H groups in total. The Morgan fingerprint density at radius 2 is 2.00 bits per heavy atom. The highest BCUT2D eigenvalue weighted by Crippen LogP contribution is 2.27. The van der Waals surface area contributed by atoms with E-state index in [1.165, 1.54) is 18.2 Å². The normalized spacial score (nSPS) is 10.3. The van der Waals surface area contributed by atoms with Crippen LogP contribution in [0, 0.1) is 10.1 Å². The molecule has 0 unspecified atom stereocenters. The molecule has 2 aromatic carbocycles. The van der Waals surface area contributed by atoms with Gasteiger partial charge in [0, 0.05) is 22.2 Å². The molecule has 0 spiro atoms. The number of ether oxygens (including phenoxy) is 1. The zero-order valence-corrected chi connectivity index (χ0v) is 16.4. The number of carbonyl (C=O) groups is 1. The van der Waals surface area contributed by atoms with E-state index in [4.69, 9.17) is 17.0 Å². The van der Waals surface area contributed by atoms with Crippen molar-refractivity contribution in [3.63, 3.8) is 0 Å². The maximum absolute atomic E-state index is 12.3. The Bertz CT molecular complexity index is 858. The van der Waals surface area contributed by atoms with E-state index < -0.39 is 10.8 Å². The molecule has 0 radical (unpaired) electrons. The minimum atomic E-state index is -0.499. The van der Waals surface area contributed by atoms with Crippen molar-refractivity contribution < 1.29 is 14.5 Å². The predicted octanol–water partition coefficient (Wildman–Crippen LogP) is 4.27. The number of nitro groups is 1. The van der Waals surface area contributed by atoms with Crippen molar-refractivity contribution in [3.8, 4) is 5.75 Å².